The zero-order valence-corrected chi connectivity index (χ0v) is 17.7. The Morgan fingerprint density at radius 1 is 1.23 bits per heavy atom. The van der Waals surface area contributed by atoms with Gasteiger partial charge in [-0.15, -0.1) is 0 Å². The third-order valence-electron chi connectivity index (χ3n) is 6.05. The van der Waals surface area contributed by atoms with Crippen LogP contribution in [0.4, 0.5) is 0 Å². The van der Waals surface area contributed by atoms with Crippen molar-refractivity contribution in [2.45, 2.75) is 20.0 Å². The van der Waals surface area contributed by atoms with Crippen LogP contribution in [0.1, 0.15) is 33.6 Å². The van der Waals surface area contributed by atoms with Crippen LogP contribution in [-0.2, 0) is 11.8 Å². The van der Waals surface area contributed by atoms with E-state index in [1.54, 1.807) is 17.3 Å². The van der Waals surface area contributed by atoms with Gasteiger partial charge in [0.2, 0.25) is 5.82 Å². The molecular formula is C23H23N5O3. The molecule has 0 radical (unpaired) electrons. The number of carbonyl (C=O) groups excluding carboxylic acids is 1. The zero-order chi connectivity index (χ0) is 21.5. The standard InChI is InChI=1S/C23H23N5O3/c1-14-15(2)27(3)19-7-6-16(11-18(14)19)23(29)28-9-10-30-20(13-28)22-25-21(26-31-22)17-5-4-8-24-12-17/h4-8,11-12,20H,9-10,13H2,1-3H3/t20-/m1/s1. The van der Waals surface area contributed by atoms with E-state index < -0.39 is 6.10 Å². The quantitative estimate of drug-likeness (QED) is 0.507. The maximum atomic E-state index is 13.2. The number of aryl methyl sites for hydroxylation is 2. The Balaban J connectivity index is 1.37. The summed E-state index contributed by atoms with van der Waals surface area (Å²) in [5.74, 6) is 0.792. The number of benzene rings is 1. The van der Waals surface area contributed by atoms with E-state index in [4.69, 9.17) is 9.26 Å². The predicted molar refractivity (Wildman–Crippen MR) is 115 cm³/mol. The van der Waals surface area contributed by atoms with Crippen molar-refractivity contribution in [3.63, 3.8) is 0 Å². The van der Waals surface area contributed by atoms with E-state index >= 15 is 0 Å². The summed E-state index contributed by atoms with van der Waals surface area (Å²) in [5, 5.41) is 5.14. The highest BCUT2D eigenvalue weighted by atomic mass is 16.5. The van der Waals surface area contributed by atoms with Gasteiger partial charge in [0.05, 0.1) is 13.2 Å². The maximum absolute atomic E-state index is 13.2. The van der Waals surface area contributed by atoms with Crippen molar-refractivity contribution in [2.24, 2.45) is 7.05 Å². The summed E-state index contributed by atoms with van der Waals surface area (Å²) >= 11 is 0. The number of morpholine rings is 1. The Hall–Kier alpha value is -3.52. The van der Waals surface area contributed by atoms with Gasteiger partial charge in [-0.25, -0.2) is 0 Å². The molecule has 4 heterocycles. The lowest BCUT2D eigenvalue weighted by atomic mass is 10.1. The molecule has 1 aliphatic rings. The van der Waals surface area contributed by atoms with E-state index in [0.717, 1.165) is 16.5 Å². The molecule has 8 heteroatoms. The van der Waals surface area contributed by atoms with Crippen molar-refractivity contribution in [2.75, 3.05) is 19.7 Å². The summed E-state index contributed by atoms with van der Waals surface area (Å²) < 4.78 is 13.4. The van der Waals surface area contributed by atoms with Gasteiger partial charge in [-0.3, -0.25) is 9.78 Å². The van der Waals surface area contributed by atoms with Crippen molar-refractivity contribution in [1.29, 1.82) is 0 Å². The van der Waals surface area contributed by atoms with Crippen LogP contribution in [0.15, 0.2) is 47.2 Å². The van der Waals surface area contributed by atoms with Crippen molar-refractivity contribution >= 4 is 16.8 Å². The first-order valence-electron chi connectivity index (χ1n) is 10.2. The molecule has 5 rings (SSSR count). The Labute approximate surface area is 179 Å². The minimum Gasteiger partial charge on any atom is -0.365 e. The third kappa shape index (κ3) is 3.38. The lowest BCUT2D eigenvalue weighted by Crippen LogP contribution is -2.42. The zero-order valence-electron chi connectivity index (χ0n) is 17.7. The number of nitrogens with zero attached hydrogens (tertiary/aromatic N) is 5. The highest BCUT2D eigenvalue weighted by Crippen LogP contribution is 2.28. The summed E-state index contributed by atoms with van der Waals surface area (Å²) in [6, 6.07) is 9.57. The smallest absolute Gasteiger partial charge is 0.257 e. The number of carbonyl (C=O) groups is 1. The second-order valence-corrected chi connectivity index (χ2v) is 7.81. The Bertz CT molecular complexity index is 1260. The first-order chi connectivity index (χ1) is 15.0. The topological polar surface area (TPSA) is 86.3 Å². The van der Waals surface area contributed by atoms with Crippen molar-refractivity contribution in [3.05, 3.63) is 65.4 Å². The normalized spacial score (nSPS) is 16.7. The molecule has 0 bridgehead atoms. The van der Waals surface area contributed by atoms with Crippen LogP contribution >= 0.6 is 0 Å². The number of aromatic nitrogens is 4. The molecule has 0 unspecified atom stereocenters. The molecule has 8 nitrogen and oxygen atoms in total. The van der Waals surface area contributed by atoms with Gasteiger partial charge in [-0.1, -0.05) is 5.16 Å². The van der Waals surface area contributed by atoms with Crippen LogP contribution in [0.3, 0.4) is 0 Å². The summed E-state index contributed by atoms with van der Waals surface area (Å²) in [6.07, 6.45) is 2.91. The van der Waals surface area contributed by atoms with Crippen LogP contribution in [0.2, 0.25) is 0 Å². The molecule has 0 spiro atoms. The molecule has 3 aromatic heterocycles. The molecule has 1 fully saturated rings. The lowest BCUT2D eigenvalue weighted by molar-refractivity contribution is -0.0367. The summed E-state index contributed by atoms with van der Waals surface area (Å²) in [5.41, 5.74) is 4.96. The number of hydrogen-bond acceptors (Lipinski definition) is 6. The van der Waals surface area contributed by atoms with Gasteiger partial charge in [0, 0.05) is 53.7 Å². The van der Waals surface area contributed by atoms with Crippen LogP contribution in [0.25, 0.3) is 22.3 Å². The van der Waals surface area contributed by atoms with E-state index in [2.05, 4.69) is 33.5 Å². The Morgan fingerprint density at radius 2 is 2.10 bits per heavy atom. The average Bonchev–Trinajstić information content (AvgIpc) is 3.40. The number of amides is 1. The molecule has 31 heavy (non-hydrogen) atoms. The summed E-state index contributed by atoms with van der Waals surface area (Å²) in [4.78, 5) is 23.6. The van der Waals surface area contributed by atoms with Gasteiger partial charge in [-0.2, -0.15) is 4.98 Å². The number of hydrogen-bond donors (Lipinski definition) is 0. The van der Waals surface area contributed by atoms with Crippen LogP contribution in [0, 0.1) is 13.8 Å². The minimum atomic E-state index is -0.458. The average molecular weight is 417 g/mol. The maximum Gasteiger partial charge on any atom is 0.257 e. The molecule has 1 atom stereocenters. The number of pyridine rings is 1. The van der Waals surface area contributed by atoms with Crippen LogP contribution in [-0.4, -0.2) is 50.2 Å². The number of ether oxygens (including phenoxy) is 1. The molecule has 0 aliphatic carbocycles. The second kappa shape index (κ2) is 7.63. The Kier molecular flexibility index (Phi) is 4.78. The van der Waals surface area contributed by atoms with Crippen molar-refractivity contribution < 1.29 is 14.1 Å². The first kappa shape index (κ1) is 19.4. The summed E-state index contributed by atoms with van der Waals surface area (Å²) in [6.45, 7) is 5.47. The van der Waals surface area contributed by atoms with Gasteiger partial charge in [0.15, 0.2) is 6.10 Å². The van der Waals surface area contributed by atoms with Gasteiger partial charge < -0.3 is 18.7 Å². The van der Waals surface area contributed by atoms with E-state index in [1.165, 1.54) is 11.3 Å². The largest absolute Gasteiger partial charge is 0.365 e. The summed E-state index contributed by atoms with van der Waals surface area (Å²) in [7, 11) is 2.04. The van der Waals surface area contributed by atoms with Gasteiger partial charge in [0.1, 0.15) is 0 Å². The fraction of sp³-hybridized carbons (Fsp3) is 0.304. The molecule has 4 aromatic rings. The van der Waals surface area contributed by atoms with Crippen LogP contribution in [0.5, 0.6) is 0 Å². The molecule has 1 amide bonds. The highest BCUT2D eigenvalue weighted by molar-refractivity contribution is 5.99. The number of rotatable bonds is 3. The molecular weight excluding hydrogens is 394 g/mol. The molecule has 1 aliphatic heterocycles. The van der Waals surface area contributed by atoms with E-state index in [9.17, 15) is 4.79 Å². The van der Waals surface area contributed by atoms with Crippen molar-refractivity contribution in [1.82, 2.24) is 24.6 Å². The van der Waals surface area contributed by atoms with E-state index in [0.29, 0.717) is 37.0 Å². The molecule has 1 saturated heterocycles. The Morgan fingerprint density at radius 3 is 2.90 bits per heavy atom. The minimum absolute atomic E-state index is 0.0249. The monoisotopic (exact) mass is 417 g/mol. The van der Waals surface area contributed by atoms with Crippen molar-refractivity contribution in [3.8, 4) is 11.4 Å². The fourth-order valence-electron chi connectivity index (χ4n) is 4.03. The van der Waals surface area contributed by atoms with E-state index in [1.807, 2.05) is 37.4 Å². The highest BCUT2D eigenvalue weighted by Gasteiger charge is 2.30. The van der Waals surface area contributed by atoms with E-state index in [-0.39, 0.29) is 5.91 Å². The van der Waals surface area contributed by atoms with Gasteiger partial charge in [-0.05, 0) is 49.7 Å². The van der Waals surface area contributed by atoms with Gasteiger partial charge in [0.25, 0.3) is 11.8 Å². The molecule has 158 valence electrons. The fourth-order valence-corrected chi connectivity index (χ4v) is 4.03. The molecule has 0 saturated carbocycles. The first-order valence-corrected chi connectivity index (χ1v) is 10.2. The van der Waals surface area contributed by atoms with Gasteiger partial charge >= 0.3 is 0 Å². The number of fused-ring (bicyclic) bond motifs is 1. The molecule has 0 N–H and O–H groups in total. The molecule has 1 aromatic carbocycles. The lowest BCUT2D eigenvalue weighted by Gasteiger charge is -2.31. The third-order valence-corrected chi connectivity index (χ3v) is 6.05. The van der Waals surface area contributed by atoms with Crippen LogP contribution < -0.4 is 0 Å². The predicted octanol–water partition coefficient (Wildman–Crippen LogP) is 3.45. The SMILES string of the molecule is Cc1c(C)n(C)c2ccc(C(=O)N3CCO[C@@H](c4nc(-c5cccnc5)no4)C3)cc12. The second-order valence-electron chi connectivity index (χ2n) is 7.81.